The molecule has 0 aliphatic carbocycles. The summed E-state index contributed by atoms with van der Waals surface area (Å²) < 4.78 is 26.9. The molecule has 0 saturated carbocycles. The summed E-state index contributed by atoms with van der Waals surface area (Å²) in [6, 6.07) is 9.17. The van der Waals surface area contributed by atoms with Gasteiger partial charge in [-0.1, -0.05) is 18.2 Å². The van der Waals surface area contributed by atoms with E-state index in [-0.39, 0.29) is 12.6 Å². The van der Waals surface area contributed by atoms with Crippen molar-refractivity contribution >= 4 is 26.5 Å². The Morgan fingerprint density at radius 2 is 2.00 bits per heavy atom. The molecular weight excluding hydrogens is 274 g/mol. The van der Waals surface area contributed by atoms with Crippen LogP contribution in [0.5, 0.6) is 0 Å². The molecule has 2 aromatic rings. The summed E-state index contributed by atoms with van der Waals surface area (Å²) >= 11 is 0. The molecule has 106 valence electrons. The average molecular weight is 291 g/mol. The average Bonchev–Trinajstić information content (AvgIpc) is 2.59. The van der Waals surface area contributed by atoms with Crippen molar-refractivity contribution < 1.29 is 13.5 Å². The zero-order valence-electron chi connectivity index (χ0n) is 11.5. The van der Waals surface area contributed by atoms with Crippen molar-refractivity contribution in [1.29, 1.82) is 0 Å². The van der Waals surface area contributed by atoms with Crippen LogP contribution in [-0.2, 0) is 16.4 Å². The van der Waals surface area contributed by atoms with Gasteiger partial charge < -0.3 is 5.11 Å². The highest BCUT2D eigenvalue weighted by atomic mass is 32.2. The summed E-state index contributed by atoms with van der Waals surface area (Å²) in [5, 5.41) is 10.8. The fourth-order valence-corrected chi connectivity index (χ4v) is 4.84. The molecule has 0 unspecified atom stereocenters. The molecule has 0 amide bonds. The van der Waals surface area contributed by atoms with Gasteiger partial charge in [-0.2, -0.15) is 0 Å². The molecule has 3 rings (SSSR count). The van der Waals surface area contributed by atoms with E-state index < -0.39 is 10.0 Å². The van der Waals surface area contributed by atoms with E-state index in [0.29, 0.717) is 11.3 Å². The van der Waals surface area contributed by atoms with Crippen LogP contribution >= 0.6 is 0 Å². The monoisotopic (exact) mass is 291 g/mol. The molecule has 1 N–H and O–H groups in total. The van der Waals surface area contributed by atoms with Crippen molar-refractivity contribution in [3.63, 3.8) is 0 Å². The minimum absolute atomic E-state index is 0.0125. The van der Waals surface area contributed by atoms with Gasteiger partial charge in [0.2, 0.25) is 0 Å². The number of anilines is 1. The third-order valence-electron chi connectivity index (χ3n) is 3.62. The molecule has 5 heteroatoms. The summed E-state index contributed by atoms with van der Waals surface area (Å²) in [5.41, 5.74) is 1.60. The summed E-state index contributed by atoms with van der Waals surface area (Å²) in [4.78, 5) is 0.364. The zero-order chi connectivity index (χ0) is 14.5. The SMILES string of the molecule is CC(C)N1c2cccc3cc(CCO)cc(c23)S1(=O)=O. The maximum atomic E-state index is 12.7. The number of sulfonamides is 1. The van der Waals surface area contributed by atoms with Crippen LogP contribution < -0.4 is 4.31 Å². The van der Waals surface area contributed by atoms with Crippen LogP contribution in [0.2, 0.25) is 0 Å². The molecule has 0 fully saturated rings. The first-order valence-corrected chi connectivity index (χ1v) is 8.12. The van der Waals surface area contributed by atoms with Gasteiger partial charge in [0.05, 0.1) is 10.6 Å². The largest absolute Gasteiger partial charge is 0.396 e. The Bertz CT molecular complexity index is 781. The Kier molecular flexibility index (Phi) is 2.99. The van der Waals surface area contributed by atoms with Gasteiger partial charge in [0.25, 0.3) is 10.0 Å². The summed E-state index contributed by atoms with van der Waals surface area (Å²) in [6.07, 6.45) is 0.463. The van der Waals surface area contributed by atoms with Crippen molar-refractivity contribution in [3.05, 3.63) is 35.9 Å². The number of nitrogens with zero attached hydrogens (tertiary/aromatic N) is 1. The van der Waals surface area contributed by atoms with Crippen LogP contribution in [0, 0.1) is 0 Å². The quantitative estimate of drug-likeness (QED) is 0.944. The van der Waals surface area contributed by atoms with Crippen LogP contribution in [0.4, 0.5) is 5.69 Å². The first kappa shape index (κ1) is 13.4. The van der Waals surface area contributed by atoms with Gasteiger partial charge in [-0.3, -0.25) is 4.31 Å². The van der Waals surface area contributed by atoms with Gasteiger partial charge in [0.1, 0.15) is 0 Å². The molecule has 0 spiro atoms. The van der Waals surface area contributed by atoms with E-state index in [0.717, 1.165) is 22.0 Å². The zero-order valence-corrected chi connectivity index (χ0v) is 12.3. The summed E-state index contributed by atoms with van der Waals surface area (Å²) in [7, 11) is -3.49. The lowest BCUT2D eigenvalue weighted by Gasteiger charge is -2.22. The standard InChI is InChI=1S/C15H17NO3S/c1-10(2)16-13-5-3-4-12-8-11(6-7-17)9-14(15(12)13)20(16,18)19/h3-5,8-10,17H,6-7H2,1-2H3. The first-order chi connectivity index (χ1) is 9.46. The molecule has 1 aliphatic rings. The normalized spacial score (nSPS) is 16.3. The van der Waals surface area contributed by atoms with Gasteiger partial charge in [-0.05, 0) is 43.4 Å². The van der Waals surface area contributed by atoms with Crippen LogP contribution in [-0.4, -0.2) is 26.2 Å². The number of aliphatic hydroxyl groups excluding tert-OH is 1. The van der Waals surface area contributed by atoms with Crippen LogP contribution in [0.15, 0.2) is 35.2 Å². The predicted octanol–water partition coefficient (Wildman–Crippen LogP) is 2.29. The molecule has 0 saturated heterocycles. The molecule has 0 bridgehead atoms. The van der Waals surface area contributed by atoms with Crippen LogP contribution in [0.1, 0.15) is 19.4 Å². The second kappa shape index (κ2) is 4.46. The number of benzene rings is 2. The lowest BCUT2D eigenvalue weighted by Crippen LogP contribution is -2.33. The first-order valence-electron chi connectivity index (χ1n) is 6.68. The molecule has 0 aromatic heterocycles. The fraction of sp³-hybridized carbons (Fsp3) is 0.333. The highest BCUT2D eigenvalue weighted by Crippen LogP contribution is 2.43. The molecule has 0 radical (unpaired) electrons. The Hall–Kier alpha value is -1.59. The summed E-state index contributed by atoms with van der Waals surface area (Å²) in [6.45, 7) is 3.76. The third kappa shape index (κ3) is 1.73. The second-order valence-corrected chi connectivity index (χ2v) is 7.12. The minimum Gasteiger partial charge on any atom is -0.396 e. The lowest BCUT2D eigenvalue weighted by atomic mass is 10.0. The number of aliphatic hydroxyl groups is 1. The molecule has 20 heavy (non-hydrogen) atoms. The smallest absolute Gasteiger partial charge is 0.265 e. The molecule has 1 heterocycles. The van der Waals surface area contributed by atoms with Gasteiger partial charge in [-0.15, -0.1) is 0 Å². The highest BCUT2D eigenvalue weighted by molar-refractivity contribution is 7.93. The molecule has 2 aromatic carbocycles. The summed E-state index contributed by atoms with van der Waals surface area (Å²) in [5.74, 6) is 0. The molecule has 1 aliphatic heterocycles. The van der Waals surface area contributed by atoms with Crippen molar-refractivity contribution in [1.82, 2.24) is 0 Å². The van der Waals surface area contributed by atoms with E-state index in [1.807, 2.05) is 38.1 Å². The van der Waals surface area contributed by atoms with E-state index in [1.165, 1.54) is 4.31 Å². The van der Waals surface area contributed by atoms with E-state index in [9.17, 15) is 8.42 Å². The lowest BCUT2D eigenvalue weighted by molar-refractivity contribution is 0.299. The molecule has 0 atom stereocenters. The Balaban J connectivity index is 2.37. The maximum Gasteiger partial charge on any atom is 0.265 e. The molecule has 4 nitrogen and oxygen atoms in total. The van der Waals surface area contributed by atoms with Crippen molar-refractivity contribution in [2.75, 3.05) is 10.9 Å². The second-order valence-electron chi connectivity index (χ2n) is 5.34. The Morgan fingerprint density at radius 3 is 2.65 bits per heavy atom. The van der Waals surface area contributed by atoms with Crippen molar-refractivity contribution in [2.45, 2.75) is 31.2 Å². The van der Waals surface area contributed by atoms with E-state index in [4.69, 9.17) is 5.11 Å². The Morgan fingerprint density at radius 1 is 1.25 bits per heavy atom. The Labute approximate surface area is 118 Å². The van der Waals surface area contributed by atoms with Crippen molar-refractivity contribution in [3.8, 4) is 0 Å². The van der Waals surface area contributed by atoms with Gasteiger partial charge in [0, 0.05) is 18.0 Å². The van der Waals surface area contributed by atoms with E-state index in [2.05, 4.69) is 0 Å². The van der Waals surface area contributed by atoms with Gasteiger partial charge in [-0.25, -0.2) is 8.42 Å². The number of hydrogen-bond donors (Lipinski definition) is 1. The van der Waals surface area contributed by atoms with Crippen LogP contribution in [0.3, 0.4) is 0 Å². The maximum absolute atomic E-state index is 12.7. The van der Waals surface area contributed by atoms with Crippen LogP contribution in [0.25, 0.3) is 10.8 Å². The molecular formula is C15H17NO3S. The number of hydrogen-bond acceptors (Lipinski definition) is 3. The van der Waals surface area contributed by atoms with E-state index >= 15 is 0 Å². The van der Waals surface area contributed by atoms with Crippen molar-refractivity contribution in [2.24, 2.45) is 0 Å². The predicted molar refractivity (Wildman–Crippen MR) is 79.5 cm³/mol. The van der Waals surface area contributed by atoms with E-state index in [1.54, 1.807) is 6.07 Å². The third-order valence-corrected chi connectivity index (χ3v) is 5.64. The highest BCUT2D eigenvalue weighted by Gasteiger charge is 2.37. The fourth-order valence-electron chi connectivity index (χ4n) is 2.88. The topological polar surface area (TPSA) is 57.6 Å². The minimum atomic E-state index is -3.49. The van der Waals surface area contributed by atoms with Gasteiger partial charge >= 0.3 is 0 Å². The number of rotatable bonds is 3. The van der Waals surface area contributed by atoms with Gasteiger partial charge in [0.15, 0.2) is 0 Å².